The highest BCUT2D eigenvalue weighted by molar-refractivity contribution is 5.74. The Bertz CT molecular complexity index is 365. The number of benzene rings is 1. The molecule has 0 radical (unpaired) electrons. The Balaban J connectivity index is 2.35. The largest absolute Gasteiger partial charge is 0.298 e. The van der Waals surface area contributed by atoms with Crippen molar-refractivity contribution in [3.63, 3.8) is 0 Å². The number of carbonyl (C=O) groups is 1. The second kappa shape index (κ2) is 7.70. The number of aldehydes is 1. The van der Waals surface area contributed by atoms with Crippen LogP contribution < -0.4 is 0 Å². The molecule has 0 amide bonds. The molecule has 0 saturated carbocycles. The Morgan fingerprint density at radius 1 is 1.12 bits per heavy atom. The molecule has 84 valence electrons. The molecule has 0 aliphatic rings. The molecule has 0 heterocycles. The summed E-state index contributed by atoms with van der Waals surface area (Å²) in [7, 11) is 0. The van der Waals surface area contributed by atoms with Crippen LogP contribution in [0.1, 0.15) is 54.9 Å². The molecule has 0 aromatic heterocycles. The monoisotopic (exact) mass is 214 g/mol. The van der Waals surface area contributed by atoms with Crippen molar-refractivity contribution in [2.45, 2.75) is 39.0 Å². The van der Waals surface area contributed by atoms with Crippen molar-refractivity contribution in [3.8, 4) is 11.8 Å². The fourth-order valence-electron chi connectivity index (χ4n) is 1.45. The molecule has 0 saturated heterocycles. The average molecular weight is 214 g/mol. The highest BCUT2D eigenvalue weighted by Gasteiger charge is 1.89. The van der Waals surface area contributed by atoms with Gasteiger partial charge in [0.25, 0.3) is 0 Å². The molecule has 1 rings (SSSR count). The third-order valence-corrected chi connectivity index (χ3v) is 2.43. The Kier molecular flexibility index (Phi) is 6.03. The molecule has 0 aliphatic heterocycles. The van der Waals surface area contributed by atoms with Gasteiger partial charge in [0, 0.05) is 17.5 Å². The van der Waals surface area contributed by atoms with Crippen LogP contribution in [0.2, 0.25) is 0 Å². The summed E-state index contributed by atoms with van der Waals surface area (Å²) in [6.45, 7) is 2.21. The fourth-order valence-corrected chi connectivity index (χ4v) is 1.45. The van der Waals surface area contributed by atoms with Gasteiger partial charge >= 0.3 is 0 Å². The van der Waals surface area contributed by atoms with E-state index in [0.29, 0.717) is 5.56 Å². The highest BCUT2D eigenvalue weighted by Crippen LogP contribution is 2.03. The maximum atomic E-state index is 10.4. The van der Waals surface area contributed by atoms with Gasteiger partial charge in [-0.15, -0.1) is 0 Å². The first-order valence-corrected chi connectivity index (χ1v) is 5.91. The Morgan fingerprint density at radius 3 is 2.50 bits per heavy atom. The Morgan fingerprint density at radius 2 is 1.88 bits per heavy atom. The van der Waals surface area contributed by atoms with E-state index in [1.54, 1.807) is 12.1 Å². The van der Waals surface area contributed by atoms with Gasteiger partial charge in [0.2, 0.25) is 0 Å². The summed E-state index contributed by atoms with van der Waals surface area (Å²) in [4.78, 5) is 10.4. The van der Waals surface area contributed by atoms with Crippen molar-refractivity contribution in [1.29, 1.82) is 0 Å². The van der Waals surface area contributed by atoms with Gasteiger partial charge in [0.1, 0.15) is 6.29 Å². The fraction of sp³-hybridized carbons (Fsp3) is 0.400. The number of carbonyl (C=O) groups excluding carboxylic acids is 1. The molecular weight excluding hydrogens is 196 g/mol. The van der Waals surface area contributed by atoms with Gasteiger partial charge in [-0.25, -0.2) is 0 Å². The second-order valence-electron chi connectivity index (χ2n) is 3.85. The third kappa shape index (κ3) is 4.79. The lowest BCUT2D eigenvalue weighted by molar-refractivity contribution is 0.112. The smallest absolute Gasteiger partial charge is 0.150 e. The zero-order chi connectivity index (χ0) is 11.6. The van der Waals surface area contributed by atoms with E-state index >= 15 is 0 Å². The maximum absolute atomic E-state index is 10.4. The molecule has 0 bridgehead atoms. The lowest BCUT2D eigenvalue weighted by Crippen LogP contribution is -1.80. The summed E-state index contributed by atoms with van der Waals surface area (Å²) in [6, 6.07) is 7.38. The molecule has 1 aromatic carbocycles. The highest BCUT2D eigenvalue weighted by atomic mass is 16.1. The molecular formula is C15H18O. The molecule has 1 heteroatoms. The minimum absolute atomic E-state index is 0.702. The first-order valence-electron chi connectivity index (χ1n) is 5.91. The Hall–Kier alpha value is -1.55. The molecule has 1 nitrogen and oxygen atoms in total. The minimum atomic E-state index is 0.702. The van der Waals surface area contributed by atoms with E-state index in [-0.39, 0.29) is 0 Å². The van der Waals surface area contributed by atoms with E-state index in [9.17, 15) is 4.79 Å². The lowest BCUT2D eigenvalue weighted by atomic mass is 10.1. The van der Waals surface area contributed by atoms with Crippen molar-refractivity contribution >= 4 is 6.29 Å². The van der Waals surface area contributed by atoms with Crippen molar-refractivity contribution in [2.24, 2.45) is 0 Å². The summed E-state index contributed by atoms with van der Waals surface area (Å²) >= 11 is 0. The minimum Gasteiger partial charge on any atom is -0.298 e. The molecule has 0 unspecified atom stereocenters. The van der Waals surface area contributed by atoms with E-state index in [1.807, 2.05) is 12.1 Å². The summed E-state index contributed by atoms with van der Waals surface area (Å²) in [5.74, 6) is 6.27. The van der Waals surface area contributed by atoms with E-state index in [0.717, 1.165) is 18.3 Å². The van der Waals surface area contributed by atoms with E-state index < -0.39 is 0 Å². The van der Waals surface area contributed by atoms with Crippen LogP contribution in [-0.4, -0.2) is 6.29 Å². The van der Waals surface area contributed by atoms with Crippen molar-refractivity contribution in [1.82, 2.24) is 0 Å². The van der Waals surface area contributed by atoms with Crippen LogP contribution in [0.5, 0.6) is 0 Å². The van der Waals surface area contributed by atoms with Gasteiger partial charge in [-0.3, -0.25) is 4.79 Å². The van der Waals surface area contributed by atoms with Gasteiger partial charge in [0.05, 0.1) is 0 Å². The summed E-state index contributed by atoms with van der Waals surface area (Å²) < 4.78 is 0. The molecule has 16 heavy (non-hydrogen) atoms. The summed E-state index contributed by atoms with van der Waals surface area (Å²) in [5, 5.41) is 0. The van der Waals surface area contributed by atoms with Gasteiger partial charge in [0.15, 0.2) is 0 Å². The lowest BCUT2D eigenvalue weighted by Gasteiger charge is -1.93. The SMILES string of the molecule is CCCCCCC#Cc1ccc(C=O)cc1. The van der Waals surface area contributed by atoms with Crippen LogP contribution >= 0.6 is 0 Å². The van der Waals surface area contributed by atoms with Gasteiger partial charge in [-0.1, -0.05) is 50.2 Å². The predicted octanol–water partition coefficient (Wildman–Crippen LogP) is 3.82. The average Bonchev–Trinajstić information content (AvgIpc) is 2.34. The first kappa shape index (κ1) is 12.5. The van der Waals surface area contributed by atoms with Crippen molar-refractivity contribution in [2.75, 3.05) is 0 Å². The van der Waals surface area contributed by atoms with E-state index in [1.165, 1.54) is 25.7 Å². The number of hydrogen-bond acceptors (Lipinski definition) is 1. The number of unbranched alkanes of at least 4 members (excludes halogenated alkanes) is 4. The van der Waals surface area contributed by atoms with Crippen molar-refractivity contribution < 1.29 is 4.79 Å². The number of rotatable bonds is 5. The molecule has 0 spiro atoms. The topological polar surface area (TPSA) is 17.1 Å². The molecule has 1 aromatic rings. The molecule has 0 aliphatic carbocycles. The normalized spacial score (nSPS) is 9.31. The van der Waals surface area contributed by atoms with Crippen LogP contribution in [-0.2, 0) is 0 Å². The molecule has 0 atom stereocenters. The van der Waals surface area contributed by atoms with Gasteiger partial charge in [-0.05, 0) is 18.6 Å². The van der Waals surface area contributed by atoms with E-state index in [4.69, 9.17) is 0 Å². The zero-order valence-corrected chi connectivity index (χ0v) is 9.83. The van der Waals surface area contributed by atoms with Crippen LogP contribution in [0.15, 0.2) is 24.3 Å². The summed E-state index contributed by atoms with van der Waals surface area (Å²) in [6.07, 6.45) is 6.84. The molecule has 0 N–H and O–H groups in total. The molecule has 0 fully saturated rings. The van der Waals surface area contributed by atoms with Gasteiger partial charge in [-0.2, -0.15) is 0 Å². The number of hydrogen-bond donors (Lipinski definition) is 0. The summed E-state index contributed by atoms with van der Waals surface area (Å²) in [5.41, 5.74) is 1.69. The van der Waals surface area contributed by atoms with Gasteiger partial charge < -0.3 is 0 Å². The van der Waals surface area contributed by atoms with Crippen LogP contribution in [0.25, 0.3) is 0 Å². The quantitative estimate of drug-likeness (QED) is 0.413. The van der Waals surface area contributed by atoms with Crippen LogP contribution in [0.3, 0.4) is 0 Å². The third-order valence-electron chi connectivity index (χ3n) is 2.43. The first-order chi connectivity index (χ1) is 7.86. The predicted molar refractivity (Wildman–Crippen MR) is 67.5 cm³/mol. The second-order valence-corrected chi connectivity index (χ2v) is 3.85. The zero-order valence-electron chi connectivity index (χ0n) is 9.83. The van der Waals surface area contributed by atoms with Crippen LogP contribution in [0.4, 0.5) is 0 Å². The maximum Gasteiger partial charge on any atom is 0.150 e. The standard InChI is InChI=1S/C15H18O/c1-2-3-4-5-6-7-8-14-9-11-15(13-16)12-10-14/h9-13H,2-6H2,1H3. The van der Waals surface area contributed by atoms with Crippen LogP contribution in [0, 0.1) is 11.8 Å². The van der Waals surface area contributed by atoms with E-state index in [2.05, 4.69) is 18.8 Å². The Labute approximate surface area is 97.9 Å². The van der Waals surface area contributed by atoms with Crippen molar-refractivity contribution in [3.05, 3.63) is 35.4 Å².